The number of ether oxygens (including phenoxy) is 2. The second-order valence-electron chi connectivity index (χ2n) is 7.98. The maximum atomic E-state index is 12.9. The number of morpholine rings is 1. The first-order valence-electron chi connectivity index (χ1n) is 10.9. The molecule has 1 N–H and O–H groups in total. The summed E-state index contributed by atoms with van der Waals surface area (Å²) in [5.41, 5.74) is 4.50. The summed E-state index contributed by atoms with van der Waals surface area (Å²) in [6.45, 7) is 8.84. The standard InChI is InChI=1S/C25H29N3O4/c1-18-23(19(2)32-27-18)17-31-24-9-4-3-8-22(24)25(29)26-15-20-6-5-7-21(14-20)16-28-10-12-30-13-11-28/h3-9,14H,10-13,15-17H2,1-2H3,(H,26,29). The predicted octanol–water partition coefficient (Wildman–Crippen LogP) is 3.63. The van der Waals surface area contributed by atoms with E-state index in [-0.39, 0.29) is 5.91 Å². The van der Waals surface area contributed by atoms with E-state index >= 15 is 0 Å². The van der Waals surface area contributed by atoms with Crippen LogP contribution in [0.5, 0.6) is 5.75 Å². The Morgan fingerprint density at radius 1 is 1.09 bits per heavy atom. The Bertz CT molecular complexity index is 1040. The molecule has 32 heavy (non-hydrogen) atoms. The Kier molecular flexibility index (Phi) is 7.19. The molecule has 0 radical (unpaired) electrons. The van der Waals surface area contributed by atoms with Crippen molar-refractivity contribution in [1.29, 1.82) is 0 Å². The van der Waals surface area contributed by atoms with Crippen LogP contribution in [0.3, 0.4) is 0 Å². The lowest BCUT2D eigenvalue weighted by Crippen LogP contribution is -2.35. The van der Waals surface area contributed by atoms with Crippen LogP contribution in [0, 0.1) is 13.8 Å². The minimum Gasteiger partial charge on any atom is -0.488 e. The Hall–Kier alpha value is -3.16. The number of hydrogen-bond donors (Lipinski definition) is 1. The highest BCUT2D eigenvalue weighted by Gasteiger charge is 2.15. The van der Waals surface area contributed by atoms with E-state index in [2.05, 4.69) is 27.5 Å². The van der Waals surface area contributed by atoms with Gasteiger partial charge in [0.15, 0.2) is 0 Å². The molecule has 0 bridgehead atoms. The van der Waals surface area contributed by atoms with E-state index in [1.807, 2.05) is 38.1 Å². The molecule has 0 atom stereocenters. The van der Waals surface area contributed by atoms with Crippen LogP contribution in [0.2, 0.25) is 0 Å². The number of benzene rings is 2. The Labute approximate surface area is 188 Å². The summed E-state index contributed by atoms with van der Waals surface area (Å²) < 4.78 is 16.6. The highest BCUT2D eigenvalue weighted by molar-refractivity contribution is 5.96. The van der Waals surface area contributed by atoms with Gasteiger partial charge in [-0.15, -0.1) is 0 Å². The van der Waals surface area contributed by atoms with Crippen molar-refractivity contribution in [2.45, 2.75) is 33.5 Å². The second kappa shape index (κ2) is 10.4. The van der Waals surface area contributed by atoms with Crippen LogP contribution in [0.25, 0.3) is 0 Å². The third kappa shape index (κ3) is 5.55. The van der Waals surface area contributed by atoms with Crippen LogP contribution in [-0.4, -0.2) is 42.3 Å². The van der Waals surface area contributed by atoms with Crippen LogP contribution >= 0.6 is 0 Å². The molecule has 0 saturated carbocycles. The molecule has 0 unspecified atom stereocenters. The van der Waals surface area contributed by atoms with Crippen LogP contribution in [0.1, 0.15) is 38.5 Å². The van der Waals surface area contributed by atoms with E-state index in [1.54, 1.807) is 12.1 Å². The van der Waals surface area contributed by atoms with Gasteiger partial charge >= 0.3 is 0 Å². The van der Waals surface area contributed by atoms with E-state index in [4.69, 9.17) is 14.0 Å². The molecule has 7 nitrogen and oxygen atoms in total. The molecule has 1 aliphatic rings. The smallest absolute Gasteiger partial charge is 0.255 e. The molecule has 1 fully saturated rings. The van der Waals surface area contributed by atoms with Crippen molar-refractivity contribution < 1.29 is 18.8 Å². The molecule has 1 saturated heterocycles. The van der Waals surface area contributed by atoms with Gasteiger partial charge in [0.05, 0.1) is 30.0 Å². The molecule has 2 heterocycles. The molecule has 4 rings (SSSR count). The lowest BCUT2D eigenvalue weighted by Gasteiger charge is -2.26. The minimum absolute atomic E-state index is 0.169. The van der Waals surface area contributed by atoms with Gasteiger partial charge in [0.25, 0.3) is 5.91 Å². The highest BCUT2D eigenvalue weighted by Crippen LogP contribution is 2.21. The van der Waals surface area contributed by atoms with Gasteiger partial charge in [-0.2, -0.15) is 0 Å². The largest absolute Gasteiger partial charge is 0.488 e. The van der Waals surface area contributed by atoms with E-state index in [9.17, 15) is 4.79 Å². The summed E-state index contributed by atoms with van der Waals surface area (Å²) in [6, 6.07) is 15.6. The number of aryl methyl sites for hydroxylation is 2. The van der Waals surface area contributed by atoms with E-state index < -0.39 is 0 Å². The van der Waals surface area contributed by atoms with Crippen LogP contribution in [-0.2, 0) is 24.4 Å². The molecular weight excluding hydrogens is 406 g/mol. The number of aromatic nitrogens is 1. The fourth-order valence-corrected chi connectivity index (χ4v) is 3.77. The summed E-state index contributed by atoms with van der Waals surface area (Å²) in [6.07, 6.45) is 0. The maximum Gasteiger partial charge on any atom is 0.255 e. The zero-order chi connectivity index (χ0) is 22.3. The van der Waals surface area contributed by atoms with Crippen molar-refractivity contribution in [2.24, 2.45) is 0 Å². The highest BCUT2D eigenvalue weighted by atomic mass is 16.5. The summed E-state index contributed by atoms with van der Waals surface area (Å²) >= 11 is 0. The average Bonchev–Trinajstić information content (AvgIpc) is 3.14. The number of carbonyl (C=O) groups is 1. The van der Waals surface area contributed by atoms with Crippen molar-refractivity contribution in [3.63, 3.8) is 0 Å². The van der Waals surface area contributed by atoms with Crippen molar-refractivity contribution >= 4 is 5.91 Å². The van der Waals surface area contributed by atoms with Crippen LogP contribution < -0.4 is 10.1 Å². The minimum atomic E-state index is -0.169. The first-order chi connectivity index (χ1) is 15.6. The van der Waals surface area contributed by atoms with E-state index in [0.29, 0.717) is 24.5 Å². The zero-order valence-corrected chi connectivity index (χ0v) is 18.6. The molecule has 168 valence electrons. The van der Waals surface area contributed by atoms with E-state index in [0.717, 1.165) is 55.4 Å². The first-order valence-corrected chi connectivity index (χ1v) is 10.9. The number of nitrogens with zero attached hydrogens (tertiary/aromatic N) is 2. The molecular formula is C25H29N3O4. The van der Waals surface area contributed by atoms with Gasteiger partial charge in [-0.05, 0) is 37.1 Å². The Morgan fingerprint density at radius 2 is 1.88 bits per heavy atom. The molecule has 0 aliphatic carbocycles. The van der Waals surface area contributed by atoms with Gasteiger partial charge in [-0.3, -0.25) is 9.69 Å². The van der Waals surface area contributed by atoms with Gasteiger partial charge < -0.3 is 19.3 Å². The number of amides is 1. The Balaban J connectivity index is 1.37. The monoisotopic (exact) mass is 435 g/mol. The molecule has 1 aromatic heterocycles. The molecule has 7 heteroatoms. The average molecular weight is 436 g/mol. The number of para-hydroxylation sites is 1. The zero-order valence-electron chi connectivity index (χ0n) is 18.6. The van der Waals surface area contributed by atoms with Crippen molar-refractivity contribution in [1.82, 2.24) is 15.4 Å². The van der Waals surface area contributed by atoms with Crippen molar-refractivity contribution in [3.8, 4) is 5.75 Å². The number of carbonyl (C=O) groups excluding carboxylic acids is 1. The molecule has 3 aromatic rings. The molecule has 1 amide bonds. The van der Waals surface area contributed by atoms with Crippen molar-refractivity contribution in [3.05, 3.63) is 82.2 Å². The van der Waals surface area contributed by atoms with E-state index in [1.165, 1.54) is 5.56 Å². The number of nitrogens with one attached hydrogen (secondary N) is 1. The van der Waals surface area contributed by atoms with Gasteiger partial charge in [-0.25, -0.2) is 0 Å². The lowest BCUT2D eigenvalue weighted by atomic mass is 10.1. The fraction of sp³-hybridized carbons (Fsp3) is 0.360. The summed E-state index contributed by atoms with van der Waals surface area (Å²) in [4.78, 5) is 15.3. The van der Waals surface area contributed by atoms with Gasteiger partial charge in [0.2, 0.25) is 0 Å². The molecule has 1 aliphatic heterocycles. The lowest BCUT2D eigenvalue weighted by molar-refractivity contribution is 0.0342. The topological polar surface area (TPSA) is 76.8 Å². The normalized spacial score (nSPS) is 14.3. The van der Waals surface area contributed by atoms with Crippen LogP contribution in [0.15, 0.2) is 53.1 Å². The first kappa shape index (κ1) is 22.0. The number of hydrogen-bond acceptors (Lipinski definition) is 6. The Morgan fingerprint density at radius 3 is 2.66 bits per heavy atom. The quantitative estimate of drug-likeness (QED) is 0.582. The summed E-state index contributed by atoms with van der Waals surface area (Å²) in [5, 5.41) is 6.97. The number of rotatable bonds is 8. The fourth-order valence-electron chi connectivity index (χ4n) is 3.77. The van der Waals surface area contributed by atoms with Gasteiger partial charge in [0, 0.05) is 26.2 Å². The van der Waals surface area contributed by atoms with Crippen LogP contribution in [0.4, 0.5) is 0 Å². The van der Waals surface area contributed by atoms with Gasteiger partial charge in [0.1, 0.15) is 18.1 Å². The SMILES string of the molecule is Cc1noc(C)c1COc1ccccc1C(=O)NCc1cccc(CN2CCOCC2)c1. The summed E-state index contributed by atoms with van der Waals surface area (Å²) in [7, 11) is 0. The third-order valence-electron chi connectivity index (χ3n) is 5.64. The third-order valence-corrected chi connectivity index (χ3v) is 5.64. The van der Waals surface area contributed by atoms with Gasteiger partial charge in [-0.1, -0.05) is 41.6 Å². The molecule has 2 aromatic carbocycles. The van der Waals surface area contributed by atoms with Crippen molar-refractivity contribution in [2.75, 3.05) is 26.3 Å². The maximum absolute atomic E-state index is 12.9. The summed E-state index contributed by atoms with van der Waals surface area (Å²) in [5.74, 6) is 1.09. The molecule has 0 spiro atoms. The second-order valence-corrected chi connectivity index (χ2v) is 7.98. The predicted molar refractivity (Wildman–Crippen MR) is 120 cm³/mol.